The molecule has 0 saturated carbocycles. The van der Waals surface area contributed by atoms with E-state index in [4.69, 9.17) is 16.3 Å². The number of imide groups is 1. The summed E-state index contributed by atoms with van der Waals surface area (Å²) in [6, 6.07) is 17.7. The third kappa shape index (κ3) is 4.96. The predicted molar refractivity (Wildman–Crippen MR) is 132 cm³/mol. The number of nitrogens with zero attached hydrogens (tertiary/aromatic N) is 1. The summed E-state index contributed by atoms with van der Waals surface area (Å²) >= 11 is 6.08. The van der Waals surface area contributed by atoms with Crippen LogP contribution in [0.4, 0.5) is 21.5 Å². The second-order valence-corrected chi connectivity index (χ2v) is 7.92. The van der Waals surface area contributed by atoms with Crippen molar-refractivity contribution in [2.75, 3.05) is 22.1 Å². The van der Waals surface area contributed by atoms with Crippen LogP contribution in [0.3, 0.4) is 0 Å². The number of ether oxygens (including phenoxy) is 1. The number of halogens is 2. The first kappa shape index (κ1) is 24.6. The summed E-state index contributed by atoms with van der Waals surface area (Å²) in [4.78, 5) is 50.5. The van der Waals surface area contributed by atoms with Crippen molar-refractivity contribution in [2.45, 2.75) is 6.92 Å². The molecule has 8 nitrogen and oxygen atoms in total. The van der Waals surface area contributed by atoms with E-state index in [2.05, 4.69) is 10.6 Å². The molecule has 0 radical (unpaired) electrons. The van der Waals surface area contributed by atoms with Gasteiger partial charge >= 0.3 is 5.97 Å². The van der Waals surface area contributed by atoms with Gasteiger partial charge < -0.3 is 15.4 Å². The molecule has 3 aromatic carbocycles. The van der Waals surface area contributed by atoms with Gasteiger partial charge in [-0.05, 0) is 61.5 Å². The quantitative estimate of drug-likeness (QED) is 0.355. The minimum Gasteiger partial charge on any atom is -0.462 e. The monoisotopic (exact) mass is 507 g/mol. The van der Waals surface area contributed by atoms with Gasteiger partial charge in [0.2, 0.25) is 0 Å². The molecule has 3 amide bonds. The first-order valence-electron chi connectivity index (χ1n) is 10.8. The molecule has 0 unspecified atom stereocenters. The van der Waals surface area contributed by atoms with Crippen LogP contribution in [0.2, 0.25) is 0 Å². The SMILES string of the molecule is CCOC(=O)c1cccc(NC(=O)c2ccc(NC3=C(Cl)C(=O)N(c4ccccc4F)C3=O)cc2)c1. The first-order valence-corrected chi connectivity index (χ1v) is 11.2. The van der Waals surface area contributed by atoms with Gasteiger partial charge in [-0.15, -0.1) is 0 Å². The number of hydrogen-bond acceptors (Lipinski definition) is 6. The molecule has 10 heteroatoms. The first-order chi connectivity index (χ1) is 17.3. The number of nitrogens with one attached hydrogen (secondary N) is 2. The molecule has 0 atom stereocenters. The highest BCUT2D eigenvalue weighted by Gasteiger charge is 2.40. The van der Waals surface area contributed by atoms with E-state index >= 15 is 0 Å². The Kier molecular flexibility index (Phi) is 7.12. The molecule has 0 fully saturated rings. The molecule has 2 N–H and O–H groups in total. The van der Waals surface area contributed by atoms with Gasteiger partial charge in [0.1, 0.15) is 16.5 Å². The number of para-hydroxylation sites is 1. The van der Waals surface area contributed by atoms with E-state index in [1.54, 1.807) is 25.1 Å². The van der Waals surface area contributed by atoms with Crippen molar-refractivity contribution in [1.29, 1.82) is 0 Å². The van der Waals surface area contributed by atoms with Crippen LogP contribution in [0.25, 0.3) is 0 Å². The molecule has 0 spiro atoms. The molecule has 0 aromatic heterocycles. The van der Waals surface area contributed by atoms with Crippen molar-refractivity contribution in [2.24, 2.45) is 0 Å². The van der Waals surface area contributed by atoms with Crippen LogP contribution in [-0.2, 0) is 14.3 Å². The Balaban J connectivity index is 1.46. The van der Waals surface area contributed by atoms with Gasteiger partial charge in [-0.1, -0.05) is 29.8 Å². The van der Waals surface area contributed by atoms with E-state index in [0.29, 0.717) is 27.4 Å². The maximum Gasteiger partial charge on any atom is 0.338 e. The summed E-state index contributed by atoms with van der Waals surface area (Å²) < 4.78 is 19.1. The van der Waals surface area contributed by atoms with Crippen LogP contribution >= 0.6 is 11.6 Å². The van der Waals surface area contributed by atoms with E-state index < -0.39 is 29.5 Å². The van der Waals surface area contributed by atoms with Crippen molar-refractivity contribution >= 4 is 52.4 Å². The molecule has 4 rings (SSSR count). The number of amides is 3. The zero-order valence-corrected chi connectivity index (χ0v) is 19.6. The van der Waals surface area contributed by atoms with Crippen LogP contribution in [-0.4, -0.2) is 30.3 Å². The molecule has 1 aliphatic rings. The maximum atomic E-state index is 14.2. The Labute approximate surface area is 210 Å². The Morgan fingerprint density at radius 3 is 2.33 bits per heavy atom. The highest BCUT2D eigenvalue weighted by Crippen LogP contribution is 2.31. The molecule has 1 aliphatic heterocycles. The van der Waals surface area contributed by atoms with E-state index in [9.17, 15) is 23.6 Å². The number of rotatable bonds is 7. The topological polar surface area (TPSA) is 105 Å². The van der Waals surface area contributed by atoms with Gasteiger partial charge in [0.05, 0.1) is 17.9 Å². The van der Waals surface area contributed by atoms with Gasteiger partial charge in [-0.3, -0.25) is 14.4 Å². The third-order valence-corrected chi connectivity index (χ3v) is 5.52. The summed E-state index contributed by atoms with van der Waals surface area (Å²) in [5, 5.41) is 5.08. The summed E-state index contributed by atoms with van der Waals surface area (Å²) in [5.41, 5.74) is 0.969. The summed E-state index contributed by atoms with van der Waals surface area (Å²) in [6.07, 6.45) is 0. The zero-order chi connectivity index (χ0) is 25.8. The Bertz CT molecular complexity index is 1400. The van der Waals surface area contributed by atoms with Crippen LogP contribution in [0.15, 0.2) is 83.5 Å². The fourth-order valence-electron chi connectivity index (χ4n) is 3.45. The zero-order valence-electron chi connectivity index (χ0n) is 18.9. The average molecular weight is 508 g/mol. The number of carbonyl (C=O) groups is 4. The average Bonchev–Trinajstić information content (AvgIpc) is 3.08. The molecule has 1 heterocycles. The normalized spacial score (nSPS) is 13.1. The predicted octanol–water partition coefficient (Wildman–Crippen LogP) is 4.69. The van der Waals surface area contributed by atoms with Crippen LogP contribution in [0.1, 0.15) is 27.6 Å². The van der Waals surface area contributed by atoms with Crippen molar-refractivity contribution in [3.63, 3.8) is 0 Å². The maximum absolute atomic E-state index is 14.2. The second-order valence-electron chi connectivity index (χ2n) is 7.54. The summed E-state index contributed by atoms with van der Waals surface area (Å²) in [7, 11) is 0. The van der Waals surface area contributed by atoms with Crippen molar-refractivity contribution in [1.82, 2.24) is 0 Å². The highest BCUT2D eigenvalue weighted by atomic mass is 35.5. The lowest BCUT2D eigenvalue weighted by atomic mass is 10.1. The third-order valence-electron chi connectivity index (χ3n) is 5.17. The van der Waals surface area contributed by atoms with Gasteiger partial charge in [-0.25, -0.2) is 14.1 Å². The smallest absolute Gasteiger partial charge is 0.338 e. The lowest BCUT2D eigenvalue weighted by Crippen LogP contribution is -2.33. The summed E-state index contributed by atoms with van der Waals surface area (Å²) in [6.45, 7) is 1.94. The Hall–Kier alpha value is -4.50. The lowest BCUT2D eigenvalue weighted by Gasteiger charge is -2.15. The Morgan fingerprint density at radius 2 is 1.64 bits per heavy atom. The van der Waals surface area contributed by atoms with Crippen molar-refractivity contribution in [3.8, 4) is 0 Å². The highest BCUT2D eigenvalue weighted by molar-refractivity contribution is 6.53. The van der Waals surface area contributed by atoms with Gasteiger partial charge in [0, 0.05) is 16.9 Å². The molecule has 0 bridgehead atoms. The lowest BCUT2D eigenvalue weighted by molar-refractivity contribution is -0.120. The van der Waals surface area contributed by atoms with Gasteiger partial charge in [0.25, 0.3) is 17.7 Å². The number of benzene rings is 3. The largest absolute Gasteiger partial charge is 0.462 e. The number of carbonyl (C=O) groups excluding carboxylic acids is 4. The molecule has 182 valence electrons. The van der Waals surface area contributed by atoms with Gasteiger partial charge in [-0.2, -0.15) is 0 Å². The fourth-order valence-corrected chi connectivity index (χ4v) is 3.67. The molecule has 0 saturated heterocycles. The van der Waals surface area contributed by atoms with Crippen LogP contribution in [0.5, 0.6) is 0 Å². The second kappa shape index (κ2) is 10.4. The van der Waals surface area contributed by atoms with E-state index in [1.807, 2.05) is 0 Å². The number of esters is 1. The van der Waals surface area contributed by atoms with Crippen LogP contribution < -0.4 is 15.5 Å². The molecule has 0 aliphatic carbocycles. The summed E-state index contributed by atoms with van der Waals surface area (Å²) in [5.74, 6) is -3.33. The molecular formula is C26H19ClFN3O5. The van der Waals surface area contributed by atoms with E-state index in [1.165, 1.54) is 48.5 Å². The van der Waals surface area contributed by atoms with Crippen molar-refractivity contribution in [3.05, 3.63) is 100 Å². The van der Waals surface area contributed by atoms with E-state index in [-0.39, 0.29) is 23.0 Å². The van der Waals surface area contributed by atoms with E-state index in [0.717, 1.165) is 6.07 Å². The molecule has 36 heavy (non-hydrogen) atoms. The Morgan fingerprint density at radius 1 is 0.917 bits per heavy atom. The number of anilines is 3. The van der Waals surface area contributed by atoms with Crippen LogP contribution in [0, 0.1) is 5.82 Å². The minimum absolute atomic E-state index is 0.207. The fraction of sp³-hybridized carbons (Fsp3) is 0.0769. The van der Waals surface area contributed by atoms with Crippen molar-refractivity contribution < 1.29 is 28.3 Å². The molecule has 3 aromatic rings. The standard InChI is InChI=1S/C26H19ClFN3O5/c1-2-36-26(35)16-6-5-7-18(14-16)30-23(32)15-10-12-17(13-11-15)29-22-21(27)24(33)31(25(22)34)20-9-4-3-8-19(20)28/h3-14,29H,2H2,1H3,(H,30,32). The minimum atomic E-state index is -0.852. The van der Waals surface area contributed by atoms with Gasteiger partial charge in [0.15, 0.2) is 0 Å². The number of hydrogen-bond donors (Lipinski definition) is 2. The molecular weight excluding hydrogens is 489 g/mol.